The van der Waals surface area contributed by atoms with E-state index in [9.17, 15) is 4.79 Å². The van der Waals surface area contributed by atoms with Gasteiger partial charge in [0.25, 0.3) is 5.91 Å². The summed E-state index contributed by atoms with van der Waals surface area (Å²) in [7, 11) is 0. The van der Waals surface area contributed by atoms with E-state index in [1.165, 1.54) is 6.20 Å². The second-order valence-corrected chi connectivity index (χ2v) is 5.12. The van der Waals surface area contributed by atoms with Crippen LogP contribution >= 0.6 is 0 Å². The molecule has 0 aliphatic heterocycles. The van der Waals surface area contributed by atoms with E-state index in [4.69, 9.17) is 10.2 Å². The standard InChI is InChI=1S/C17H16N4O2/c1-11-4-6-12(7-5-11)16-19-10-14(15(18)21-16)17(22)20-9-13-3-2-8-23-13/h2-8,10H,9H2,1H3,(H,20,22)(H2,18,19,21). The van der Waals surface area contributed by atoms with Gasteiger partial charge in [0.1, 0.15) is 11.6 Å². The minimum Gasteiger partial charge on any atom is -0.467 e. The van der Waals surface area contributed by atoms with Crippen LogP contribution < -0.4 is 11.1 Å². The van der Waals surface area contributed by atoms with Crippen LogP contribution in [0.2, 0.25) is 0 Å². The molecule has 2 aromatic heterocycles. The maximum Gasteiger partial charge on any atom is 0.256 e. The SMILES string of the molecule is Cc1ccc(-c2ncc(C(=O)NCc3ccco3)c(N)n2)cc1. The molecule has 1 amide bonds. The van der Waals surface area contributed by atoms with Gasteiger partial charge in [-0.15, -0.1) is 0 Å². The van der Waals surface area contributed by atoms with Gasteiger partial charge in [-0.3, -0.25) is 4.79 Å². The van der Waals surface area contributed by atoms with E-state index in [-0.39, 0.29) is 23.8 Å². The molecule has 3 N–H and O–H groups in total. The number of carbonyl (C=O) groups excluding carboxylic acids is 1. The fourth-order valence-electron chi connectivity index (χ4n) is 2.09. The third kappa shape index (κ3) is 3.37. The fraction of sp³-hybridized carbons (Fsp3) is 0.118. The predicted octanol–water partition coefficient (Wildman–Crippen LogP) is 2.56. The number of rotatable bonds is 4. The van der Waals surface area contributed by atoms with E-state index in [0.717, 1.165) is 11.1 Å². The lowest BCUT2D eigenvalue weighted by molar-refractivity contribution is 0.0948. The van der Waals surface area contributed by atoms with Crippen molar-refractivity contribution in [1.82, 2.24) is 15.3 Å². The lowest BCUT2D eigenvalue weighted by Crippen LogP contribution is -2.24. The van der Waals surface area contributed by atoms with Crippen LogP contribution in [0.1, 0.15) is 21.7 Å². The van der Waals surface area contributed by atoms with Crippen LogP contribution in [0.25, 0.3) is 11.4 Å². The number of anilines is 1. The number of aromatic nitrogens is 2. The monoisotopic (exact) mass is 308 g/mol. The molecule has 1 aromatic carbocycles. The normalized spacial score (nSPS) is 10.5. The number of furan rings is 1. The van der Waals surface area contributed by atoms with Crippen LogP contribution in [-0.4, -0.2) is 15.9 Å². The Morgan fingerprint density at radius 1 is 1.26 bits per heavy atom. The van der Waals surface area contributed by atoms with Crippen molar-refractivity contribution in [3.63, 3.8) is 0 Å². The summed E-state index contributed by atoms with van der Waals surface area (Å²) < 4.78 is 5.16. The van der Waals surface area contributed by atoms with E-state index < -0.39 is 0 Å². The third-order valence-electron chi connectivity index (χ3n) is 3.38. The van der Waals surface area contributed by atoms with Crippen molar-refractivity contribution in [3.05, 3.63) is 65.7 Å². The summed E-state index contributed by atoms with van der Waals surface area (Å²) in [5, 5.41) is 2.72. The zero-order valence-electron chi connectivity index (χ0n) is 12.6. The maximum absolute atomic E-state index is 12.1. The molecule has 3 aromatic rings. The van der Waals surface area contributed by atoms with E-state index in [1.807, 2.05) is 31.2 Å². The number of carbonyl (C=O) groups is 1. The Morgan fingerprint density at radius 2 is 2.04 bits per heavy atom. The van der Waals surface area contributed by atoms with E-state index in [0.29, 0.717) is 11.6 Å². The average molecular weight is 308 g/mol. The molecule has 0 aliphatic carbocycles. The van der Waals surface area contributed by atoms with Gasteiger partial charge < -0.3 is 15.5 Å². The molecule has 3 rings (SSSR count). The molecule has 2 heterocycles. The third-order valence-corrected chi connectivity index (χ3v) is 3.38. The maximum atomic E-state index is 12.1. The zero-order chi connectivity index (χ0) is 16.2. The van der Waals surface area contributed by atoms with Crippen molar-refractivity contribution in [2.24, 2.45) is 0 Å². The van der Waals surface area contributed by atoms with Crippen molar-refractivity contribution in [1.29, 1.82) is 0 Å². The molecule has 23 heavy (non-hydrogen) atoms. The summed E-state index contributed by atoms with van der Waals surface area (Å²) in [5.41, 5.74) is 8.15. The lowest BCUT2D eigenvalue weighted by atomic mass is 10.1. The second-order valence-electron chi connectivity index (χ2n) is 5.12. The topological polar surface area (TPSA) is 94.0 Å². The Kier molecular flexibility index (Phi) is 4.05. The summed E-state index contributed by atoms with van der Waals surface area (Å²) >= 11 is 0. The number of amides is 1. The first-order valence-corrected chi connectivity index (χ1v) is 7.13. The highest BCUT2D eigenvalue weighted by molar-refractivity contribution is 5.98. The number of benzene rings is 1. The average Bonchev–Trinajstić information content (AvgIpc) is 3.06. The minimum absolute atomic E-state index is 0.146. The zero-order valence-corrected chi connectivity index (χ0v) is 12.6. The second kappa shape index (κ2) is 6.31. The highest BCUT2D eigenvalue weighted by Crippen LogP contribution is 2.18. The lowest BCUT2D eigenvalue weighted by Gasteiger charge is -2.07. The molecule has 116 valence electrons. The van der Waals surface area contributed by atoms with E-state index in [1.54, 1.807) is 18.4 Å². The Morgan fingerprint density at radius 3 is 2.70 bits per heavy atom. The van der Waals surface area contributed by atoms with Gasteiger partial charge in [-0.1, -0.05) is 29.8 Å². The smallest absolute Gasteiger partial charge is 0.256 e. The van der Waals surface area contributed by atoms with Crippen LogP contribution in [0.5, 0.6) is 0 Å². The quantitative estimate of drug-likeness (QED) is 0.772. The van der Waals surface area contributed by atoms with Crippen LogP contribution in [0.4, 0.5) is 5.82 Å². The molecule has 0 spiro atoms. The van der Waals surface area contributed by atoms with Gasteiger partial charge in [0.15, 0.2) is 5.82 Å². The molecule has 0 atom stereocenters. The molecule has 0 bridgehead atoms. The van der Waals surface area contributed by atoms with E-state index >= 15 is 0 Å². The number of nitrogens with zero attached hydrogens (tertiary/aromatic N) is 2. The molecule has 0 unspecified atom stereocenters. The Hall–Kier alpha value is -3.15. The number of nitrogens with one attached hydrogen (secondary N) is 1. The first-order valence-electron chi connectivity index (χ1n) is 7.13. The van der Waals surface area contributed by atoms with Gasteiger partial charge >= 0.3 is 0 Å². The summed E-state index contributed by atoms with van der Waals surface area (Å²) in [4.78, 5) is 20.6. The molecule has 6 nitrogen and oxygen atoms in total. The largest absolute Gasteiger partial charge is 0.467 e. The summed E-state index contributed by atoms with van der Waals surface area (Å²) in [6.07, 6.45) is 2.99. The molecule has 0 saturated heterocycles. The van der Waals surface area contributed by atoms with Crippen molar-refractivity contribution in [2.45, 2.75) is 13.5 Å². The summed E-state index contributed by atoms with van der Waals surface area (Å²) in [6.45, 7) is 2.29. The molecular formula is C17H16N4O2. The predicted molar refractivity (Wildman–Crippen MR) is 86.5 cm³/mol. The van der Waals surface area contributed by atoms with Crippen LogP contribution in [0.3, 0.4) is 0 Å². The number of hydrogen-bond acceptors (Lipinski definition) is 5. The molecule has 6 heteroatoms. The van der Waals surface area contributed by atoms with Gasteiger partial charge in [0.05, 0.1) is 18.4 Å². The Labute approximate surface area is 133 Å². The highest BCUT2D eigenvalue weighted by Gasteiger charge is 2.13. The molecule has 0 saturated carbocycles. The van der Waals surface area contributed by atoms with Gasteiger partial charge in [-0.2, -0.15) is 0 Å². The minimum atomic E-state index is -0.339. The number of aryl methyl sites for hydroxylation is 1. The molecular weight excluding hydrogens is 292 g/mol. The number of hydrogen-bond donors (Lipinski definition) is 2. The van der Waals surface area contributed by atoms with Gasteiger partial charge in [-0.05, 0) is 19.1 Å². The van der Waals surface area contributed by atoms with Crippen molar-refractivity contribution < 1.29 is 9.21 Å². The number of nitrogens with two attached hydrogens (primary N) is 1. The van der Waals surface area contributed by atoms with Crippen LogP contribution in [0.15, 0.2) is 53.3 Å². The molecule has 0 fully saturated rings. The first-order chi connectivity index (χ1) is 11.1. The Bertz CT molecular complexity index is 811. The number of nitrogen functional groups attached to an aromatic ring is 1. The summed E-state index contributed by atoms with van der Waals surface area (Å²) in [5.74, 6) is 0.959. The molecule has 0 radical (unpaired) electrons. The summed E-state index contributed by atoms with van der Waals surface area (Å²) in [6, 6.07) is 11.3. The van der Waals surface area contributed by atoms with Gasteiger partial charge in [-0.25, -0.2) is 9.97 Å². The fourth-order valence-corrected chi connectivity index (χ4v) is 2.09. The van der Waals surface area contributed by atoms with Crippen molar-refractivity contribution in [2.75, 3.05) is 5.73 Å². The molecule has 0 aliphatic rings. The van der Waals surface area contributed by atoms with Gasteiger partial charge in [0.2, 0.25) is 0 Å². The van der Waals surface area contributed by atoms with Crippen molar-refractivity contribution >= 4 is 11.7 Å². The Balaban J connectivity index is 1.76. The van der Waals surface area contributed by atoms with Crippen molar-refractivity contribution in [3.8, 4) is 11.4 Å². The van der Waals surface area contributed by atoms with E-state index in [2.05, 4.69) is 15.3 Å². The first kappa shape index (κ1) is 14.8. The van der Waals surface area contributed by atoms with Gasteiger partial charge in [0, 0.05) is 11.8 Å². The highest BCUT2D eigenvalue weighted by atomic mass is 16.3. The van der Waals surface area contributed by atoms with Crippen LogP contribution in [0, 0.1) is 6.92 Å². The van der Waals surface area contributed by atoms with Crippen LogP contribution in [-0.2, 0) is 6.54 Å².